The first kappa shape index (κ1) is 14.2. The van der Waals surface area contributed by atoms with Gasteiger partial charge in [-0.25, -0.2) is 0 Å². The lowest BCUT2D eigenvalue weighted by molar-refractivity contribution is 0.199. The molecule has 3 heterocycles. The van der Waals surface area contributed by atoms with Crippen LogP contribution in [-0.2, 0) is 0 Å². The number of fused-ring (bicyclic) bond motifs is 2. The van der Waals surface area contributed by atoms with Crippen molar-refractivity contribution in [2.75, 3.05) is 18.5 Å². The average molecular weight is 310 g/mol. The van der Waals surface area contributed by atoms with Crippen LogP contribution in [0.3, 0.4) is 0 Å². The van der Waals surface area contributed by atoms with Crippen molar-refractivity contribution in [2.45, 2.75) is 27.2 Å². The zero-order chi connectivity index (χ0) is 16.1. The molecule has 0 spiro atoms. The first-order valence-corrected chi connectivity index (χ1v) is 8.15. The molecule has 0 saturated carbocycles. The van der Waals surface area contributed by atoms with E-state index in [9.17, 15) is 0 Å². The number of benzene rings is 1. The number of aliphatic imine (C=N–C) groups is 1. The molecule has 0 fully saturated rings. The maximum Gasteiger partial charge on any atom is 0.235 e. The second-order valence-corrected chi connectivity index (χ2v) is 6.35. The van der Waals surface area contributed by atoms with Crippen molar-refractivity contribution in [1.29, 1.82) is 0 Å². The number of hydrogen-bond donors (Lipinski definition) is 1. The van der Waals surface area contributed by atoms with E-state index in [1.54, 1.807) is 0 Å². The summed E-state index contributed by atoms with van der Waals surface area (Å²) < 4.78 is 6.25. The second-order valence-electron chi connectivity index (χ2n) is 6.35. The van der Waals surface area contributed by atoms with E-state index in [0.29, 0.717) is 0 Å². The van der Waals surface area contributed by atoms with E-state index in [2.05, 4.69) is 55.5 Å². The maximum absolute atomic E-state index is 6.25. The molecule has 4 rings (SSSR count). The highest BCUT2D eigenvalue weighted by molar-refractivity contribution is 5.93. The minimum Gasteiger partial charge on any atom is -0.435 e. The fraction of sp³-hybridized carbons (Fsp3) is 0.389. The second kappa shape index (κ2) is 5.05. The van der Waals surface area contributed by atoms with Crippen molar-refractivity contribution in [3.63, 3.8) is 0 Å². The quantitative estimate of drug-likeness (QED) is 0.911. The van der Waals surface area contributed by atoms with Crippen LogP contribution in [0.5, 0.6) is 5.75 Å². The third-order valence-electron chi connectivity index (χ3n) is 4.45. The third-order valence-corrected chi connectivity index (χ3v) is 4.45. The highest BCUT2D eigenvalue weighted by atomic mass is 16.5. The van der Waals surface area contributed by atoms with Crippen molar-refractivity contribution in [1.82, 2.24) is 10.4 Å². The lowest BCUT2D eigenvalue weighted by Gasteiger charge is -2.40. The lowest BCUT2D eigenvalue weighted by atomic mass is 10.0. The summed E-state index contributed by atoms with van der Waals surface area (Å²) >= 11 is 0. The van der Waals surface area contributed by atoms with Gasteiger partial charge in [0.15, 0.2) is 5.75 Å². The van der Waals surface area contributed by atoms with Gasteiger partial charge in [0.05, 0.1) is 17.3 Å². The van der Waals surface area contributed by atoms with Gasteiger partial charge in [-0.05, 0) is 37.5 Å². The van der Waals surface area contributed by atoms with E-state index >= 15 is 0 Å². The summed E-state index contributed by atoms with van der Waals surface area (Å²) in [6, 6.07) is 4.30. The van der Waals surface area contributed by atoms with Crippen molar-refractivity contribution >= 4 is 11.5 Å². The molecule has 5 nitrogen and oxygen atoms in total. The van der Waals surface area contributed by atoms with E-state index in [1.165, 1.54) is 11.1 Å². The van der Waals surface area contributed by atoms with Crippen molar-refractivity contribution in [3.05, 3.63) is 47.1 Å². The molecular weight excluding hydrogens is 288 g/mol. The molecule has 3 aliphatic rings. The molecule has 1 aromatic carbocycles. The van der Waals surface area contributed by atoms with E-state index in [0.717, 1.165) is 41.8 Å². The van der Waals surface area contributed by atoms with Gasteiger partial charge in [-0.15, -0.1) is 0 Å². The first-order chi connectivity index (χ1) is 11.1. The topological polar surface area (TPSA) is 40.1 Å². The average Bonchev–Trinajstić information content (AvgIpc) is 2.94. The van der Waals surface area contributed by atoms with Gasteiger partial charge in [0.25, 0.3) is 0 Å². The van der Waals surface area contributed by atoms with Crippen molar-refractivity contribution in [2.24, 2.45) is 10.9 Å². The number of anilines is 1. The molecule has 1 unspecified atom stereocenters. The monoisotopic (exact) mass is 310 g/mol. The summed E-state index contributed by atoms with van der Waals surface area (Å²) in [6.45, 7) is 7.21. The molecule has 0 aromatic heterocycles. The predicted molar refractivity (Wildman–Crippen MR) is 92.2 cm³/mol. The van der Waals surface area contributed by atoms with Gasteiger partial charge >= 0.3 is 0 Å². The highest BCUT2D eigenvalue weighted by Crippen LogP contribution is 2.47. The Morgan fingerprint density at radius 1 is 1.30 bits per heavy atom. The fourth-order valence-corrected chi connectivity index (χ4v) is 3.51. The Balaban J connectivity index is 1.83. The SMILES string of the molecule is CCCN=C1NN(C)C2=C3C1C=CN3c1c(C)cc(C)cc1O2. The normalized spacial score (nSPS) is 23.0. The van der Waals surface area contributed by atoms with Gasteiger partial charge in [-0.3, -0.25) is 15.4 Å². The highest BCUT2D eigenvalue weighted by Gasteiger charge is 2.42. The van der Waals surface area contributed by atoms with Crippen LogP contribution in [0, 0.1) is 19.8 Å². The van der Waals surface area contributed by atoms with Crippen molar-refractivity contribution < 1.29 is 4.74 Å². The number of nitrogens with zero attached hydrogens (tertiary/aromatic N) is 3. The number of hydrazine groups is 1. The van der Waals surface area contributed by atoms with Gasteiger partial charge in [-0.1, -0.05) is 19.1 Å². The molecule has 1 atom stereocenters. The minimum absolute atomic E-state index is 0.140. The Hall–Kier alpha value is -2.43. The molecule has 1 aromatic rings. The summed E-state index contributed by atoms with van der Waals surface area (Å²) in [4.78, 5) is 6.97. The molecule has 0 saturated heterocycles. The summed E-state index contributed by atoms with van der Waals surface area (Å²) in [5, 5.41) is 1.93. The Morgan fingerprint density at radius 3 is 2.91 bits per heavy atom. The van der Waals surface area contributed by atoms with Crippen LogP contribution in [-0.4, -0.2) is 24.4 Å². The van der Waals surface area contributed by atoms with Crippen LogP contribution in [0.1, 0.15) is 24.5 Å². The van der Waals surface area contributed by atoms with Gasteiger partial charge < -0.3 is 9.64 Å². The molecule has 0 bridgehead atoms. The first-order valence-electron chi connectivity index (χ1n) is 8.15. The molecule has 1 N–H and O–H groups in total. The number of rotatable bonds is 2. The molecule has 23 heavy (non-hydrogen) atoms. The number of amidine groups is 1. The number of hydrogen-bond acceptors (Lipinski definition) is 4. The molecular formula is C18H22N4O. The maximum atomic E-state index is 6.25. The Bertz CT molecular complexity index is 763. The summed E-state index contributed by atoms with van der Waals surface area (Å²) in [6.07, 6.45) is 5.38. The van der Waals surface area contributed by atoms with Crippen LogP contribution in [0.15, 0.2) is 41.0 Å². The summed E-state index contributed by atoms with van der Waals surface area (Å²) in [5.41, 5.74) is 8.09. The summed E-state index contributed by atoms with van der Waals surface area (Å²) in [7, 11) is 1.98. The molecule has 3 aliphatic heterocycles. The zero-order valence-electron chi connectivity index (χ0n) is 14.1. The molecule has 5 heteroatoms. The van der Waals surface area contributed by atoms with Crippen LogP contribution >= 0.6 is 0 Å². The van der Waals surface area contributed by atoms with Crippen LogP contribution < -0.4 is 15.1 Å². The third kappa shape index (κ3) is 2.03. The smallest absolute Gasteiger partial charge is 0.235 e. The molecule has 0 radical (unpaired) electrons. The van der Waals surface area contributed by atoms with Gasteiger partial charge in [0.1, 0.15) is 5.84 Å². The zero-order valence-corrected chi connectivity index (χ0v) is 14.1. The van der Waals surface area contributed by atoms with Crippen LogP contribution in [0.4, 0.5) is 5.69 Å². The van der Waals surface area contributed by atoms with Gasteiger partial charge in [0.2, 0.25) is 5.88 Å². The molecule has 0 aliphatic carbocycles. The Morgan fingerprint density at radius 2 is 2.13 bits per heavy atom. The Labute approximate surface area is 136 Å². The van der Waals surface area contributed by atoms with E-state index in [-0.39, 0.29) is 5.92 Å². The van der Waals surface area contributed by atoms with E-state index in [1.807, 2.05) is 12.1 Å². The molecule has 0 amide bonds. The van der Waals surface area contributed by atoms with Crippen LogP contribution in [0.25, 0.3) is 0 Å². The standard InChI is InChI=1S/C18H22N4O/c1-5-7-19-17-13-6-8-22-15-12(3)9-11(2)10-14(15)23-18(16(13)22)21(4)20-17/h6,8-10,13H,5,7H2,1-4H3,(H,19,20). The van der Waals surface area contributed by atoms with Crippen LogP contribution in [0.2, 0.25) is 0 Å². The molecule has 120 valence electrons. The van der Waals surface area contributed by atoms with E-state index in [4.69, 9.17) is 9.73 Å². The summed E-state index contributed by atoms with van der Waals surface area (Å²) in [5.74, 6) is 2.90. The minimum atomic E-state index is 0.140. The van der Waals surface area contributed by atoms with Crippen molar-refractivity contribution in [3.8, 4) is 5.75 Å². The number of ether oxygens (including phenoxy) is 1. The van der Waals surface area contributed by atoms with Gasteiger partial charge in [-0.2, -0.15) is 0 Å². The van der Waals surface area contributed by atoms with E-state index < -0.39 is 0 Å². The predicted octanol–water partition coefficient (Wildman–Crippen LogP) is 3.07. The Kier molecular flexibility index (Phi) is 3.11. The largest absolute Gasteiger partial charge is 0.435 e. The lowest BCUT2D eigenvalue weighted by Crippen LogP contribution is -2.51. The number of nitrogens with one attached hydrogen (secondary N) is 1. The fourth-order valence-electron chi connectivity index (χ4n) is 3.51. The van der Waals surface area contributed by atoms with Gasteiger partial charge in [0, 0.05) is 19.8 Å². The number of aryl methyl sites for hydroxylation is 2.